The van der Waals surface area contributed by atoms with Crippen LogP contribution in [-0.4, -0.2) is 23.3 Å². The molecule has 2 nitrogen and oxygen atoms in total. The predicted molar refractivity (Wildman–Crippen MR) is 60.3 cm³/mol. The molecule has 1 rings (SSSR count). The smallest absolute Gasteiger partial charge is 0.0797 e. The lowest BCUT2D eigenvalue weighted by molar-refractivity contribution is -0.0246. The molecule has 14 heavy (non-hydrogen) atoms. The molecule has 0 aromatic heterocycles. The van der Waals surface area contributed by atoms with Gasteiger partial charge < -0.3 is 10.4 Å². The third-order valence-electron chi connectivity index (χ3n) is 3.61. The van der Waals surface area contributed by atoms with Crippen LogP contribution in [0, 0.1) is 5.92 Å². The molecule has 3 atom stereocenters. The normalized spacial score (nSPS) is 32.6. The van der Waals surface area contributed by atoms with Gasteiger partial charge in [-0.1, -0.05) is 27.2 Å². The Morgan fingerprint density at radius 2 is 2.14 bits per heavy atom. The first-order valence-corrected chi connectivity index (χ1v) is 6.08. The largest absolute Gasteiger partial charge is 0.388 e. The Morgan fingerprint density at radius 1 is 1.43 bits per heavy atom. The van der Waals surface area contributed by atoms with Crippen LogP contribution < -0.4 is 5.32 Å². The van der Waals surface area contributed by atoms with Crippen LogP contribution in [0.5, 0.6) is 0 Å². The minimum atomic E-state index is -0.469. The van der Waals surface area contributed by atoms with Gasteiger partial charge in [0.15, 0.2) is 0 Å². The lowest BCUT2D eigenvalue weighted by Crippen LogP contribution is -2.53. The number of piperidine rings is 1. The third kappa shape index (κ3) is 2.71. The second kappa shape index (κ2) is 5.13. The summed E-state index contributed by atoms with van der Waals surface area (Å²) in [5.74, 6) is 0.760. The average Bonchev–Trinajstić information content (AvgIpc) is 2.18. The zero-order valence-corrected chi connectivity index (χ0v) is 9.84. The van der Waals surface area contributed by atoms with Crippen LogP contribution in [-0.2, 0) is 0 Å². The van der Waals surface area contributed by atoms with E-state index in [1.54, 1.807) is 0 Å². The van der Waals surface area contributed by atoms with E-state index in [0.717, 1.165) is 38.1 Å². The van der Waals surface area contributed by atoms with E-state index in [1.807, 2.05) is 0 Å². The number of aliphatic hydroxyl groups is 1. The fourth-order valence-electron chi connectivity index (χ4n) is 2.55. The van der Waals surface area contributed by atoms with Gasteiger partial charge in [0.2, 0.25) is 0 Å². The van der Waals surface area contributed by atoms with Gasteiger partial charge in [-0.2, -0.15) is 0 Å². The van der Waals surface area contributed by atoms with Crippen molar-refractivity contribution in [2.45, 2.75) is 64.5 Å². The molecule has 0 spiro atoms. The molecule has 84 valence electrons. The Kier molecular flexibility index (Phi) is 4.39. The zero-order chi connectivity index (χ0) is 10.6. The first-order chi connectivity index (χ1) is 6.62. The topological polar surface area (TPSA) is 32.3 Å². The molecular weight excluding hydrogens is 174 g/mol. The Hall–Kier alpha value is -0.0800. The van der Waals surface area contributed by atoms with E-state index in [0.29, 0.717) is 6.04 Å². The first kappa shape index (κ1) is 12.0. The quantitative estimate of drug-likeness (QED) is 0.728. The van der Waals surface area contributed by atoms with Crippen molar-refractivity contribution in [2.75, 3.05) is 6.54 Å². The summed E-state index contributed by atoms with van der Waals surface area (Å²) in [5.41, 5.74) is -0.469. The van der Waals surface area contributed by atoms with E-state index in [9.17, 15) is 5.11 Å². The van der Waals surface area contributed by atoms with Crippen molar-refractivity contribution >= 4 is 0 Å². The van der Waals surface area contributed by atoms with Crippen LogP contribution in [0.25, 0.3) is 0 Å². The lowest BCUT2D eigenvalue weighted by Gasteiger charge is -2.40. The molecule has 0 aromatic carbocycles. The minimum absolute atomic E-state index is 0.316. The molecule has 0 bridgehead atoms. The van der Waals surface area contributed by atoms with Crippen molar-refractivity contribution < 1.29 is 5.11 Å². The summed E-state index contributed by atoms with van der Waals surface area (Å²) in [7, 11) is 0. The lowest BCUT2D eigenvalue weighted by atomic mass is 9.79. The van der Waals surface area contributed by atoms with Gasteiger partial charge in [-0.3, -0.25) is 0 Å². The van der Waals surface area contributed by atoms with Crippen LogP contribution in [0.3, 0.4) is 0 Å². The van der Waals surface area contributed by atoms with Crippen molar-refractivity contribution in [1.82, 2.24) is 5.32 Å². The monoisotopic (exact) mass is 199 g/mol. The van der Waals surface area contributed by atoms with E-state index < -0.39 is 5.60 Å². The van der Waals surface area contributed by atoms with E-state index in [2.05, 4.69) is 26.1 Å². The third-order valence-corrected chi connectivity index (χ3v) is 3.61. The molecule has 1 aliphatic heterocycles. The highest BCUT2D eigenvalue weighted by molar-refractivity contribution is 4.93. The summed E-state index contributed by atoms with van der Waals surface area (Å²) < 4.78 is 0. The molecule has 2 N–H and O–H groups in total. The van der Waals surface area contributed by atoms with Crippen molar-refractivity contribution in [3.63, 3.8) is 0 Å². The number of hydrogen-bond donors (Lipinski definition) is 2. The average molecular weight is 199 g/mol. The molecule has 1 aliphatic rings. The van der Waals surface area contributed by atoms with Gasteiger partial charge in [-0.05, 0) is 38.1 Å². The van der Waals surface area contributed by atoms with Crippen molar-refractivity contribution in [3.05, 3.63) is 0 Å². The molecular formula is C12H25NO. The SMILES string of the molecule is CCCC(O)(CC)C1CC(C)CCN1. The molecule has 0 radical (unpaired) electrons. The maximum atomic E-state index is 10.5. The number of hydrogen-bond acceptors (Lipinski definition) is 2. The molecule has 1 fully saturated rings. The Balaban J connectivity index is 2.58. The zero-order valence-electron chi connectivity index (χ0n) is 9.84. The highest BCUT2D eigenvalue weighted by atomic mass is 16.3. The number of rotatable bonds is 4. The molecule has 0 amide bonds. The van der Waals surface area contributed by atoms with Gasteiger partial charge in [0, 0.05) is 6.04 Å². The van der Waals surface area contributed by atoms with Crippen molar-refractivity contribution in [2.24, 2.45) is 5.92 Å². The van der Waals surface area contributed by atoms with Gasteiger partial charge in [0.1, 0.15) is 0 Å². The van der Waals surface area contributed by atoms with Crippen LogP contribution in [0.1, 0.15) is 52.9 Å². The molecule has 1 heterocycles. The molecule has 0 saturated carbocycles. The van der Waals surface area contributed by atoms with E-state index in [1.165, 1.54) is 6.42 Å². The molecule has 2 heteroatoms. The molecule has 1 saturated heterocycles. The summed E-state index contributed by atoms with van der Waals surface area (Å²) in [6.45, 7) is 7.59. The van der Waals surface area contributed by atoms with Crippen LogP contribution >= 0.6 is 0 Å². The van der Waals surface area contributed by atoms with Gasteiger partial charge in [-0.25, -0.2) is 0 Å². The van der Waals surface area contributed by atoms with E-state index in [-0.39, 0.29) is 0 Å². The fourth-order valence-corrected chi connectivity index (χ4v) is 2.55. The highest BCUT2D eigenvalue weighted by Gasteiger charge is 2.36. The first-order valence-electron chi connectivity index (χ1n) is 6.08. The summed E-state index contributed by atoms with van der Waals surface area (Å²) >= 11 is 0. The van der Waals surface area contributed by atoms with Crippen LogP contribution in [0.15, 0.2) is 0 Å². The van der Waals surface area contributed by atoms with E-state index >= 15 is 0 Å². The minimum Gasteiger partial charge on any atom is -0.388 e. The highest BCUT2D eigenvalue weighted by Crippen LogP contribution is 2.29. The fraction of sp³-hybridized carbons (Fsp3) is 1.00. The van der Waals surface area contributed by atoms with Gasteiger partial charge in [0.05, 0.1) is 5.60 Å². The summed E-state index contributed by atoms with van der Waals surface area (Å²) in [6, 6.07) is 0.316. The van der Waals surface area contributed by atoms with Crippen molar-refractivity contribution in [3.8, 4) is 0 Å². The maximum absolute atomic E-state index is 10.5. The Labute approximate surface area is 88.1 Å². The Bertz CT molecular complexity index is 172. The molecule has 3 unspecified atom stereocenters. The van der Waals surface area contributed by atoms with Gasteiger partial charge in [0.25, 0.3) is 0 Å². The van der Waals surface area contributed by atoms with Gasteiger partial charge in [-0.15, -0.1) is 0 Å². The predicted octanol–water partition coefficient (Wildman–Crippen LogP) is 2.32. The molecule has 0 aromatic rings. The molecule has 0 aliphatic carbocycles. The van der Waals surface area contributed by atoms with Crippen molar-refractivity contribution in [1.29, 1.82) is 0 Å². The second-order valence-electron chi connectivity index (χ2n) is 4.84. The summed E-state index contributed by atoms with van der Waals surface area (Å²) in [6.07, 6.45) is 5.24. The second-order valence-corrected chi connectivity index (χ2v) is 4.84. The summed E-state index contributed by atoms with van der Waals surface area (Å²) in [4.78, 5) is 0. The van der Waals surface area contributed by atoms with Crippen LogP contribution in [0.2, 0.25) is 0 Å². The van der Waals surface area contributed by atoms with E-state index in [4.69, 9.17) is 0 Å². The number of nitrogens with one attached hydrogen (secondary N) is 1. The summed E-state index contributed by atoms with van der Waals surface area (Å²) in [5, 5.41) is 14.0. The Morgan fingerprint density at radius 3 is 2.64 bits per heavy atom. The van der Waals surface area contributed by atoms with Gasteiger partial charge >= 0.3 is 0 Å². The van der Waals surface area contributed by atoms with Crippen LogP contribution in [0.4, 0.5) is 0 Å². The standard InChI is InChI=1S/C12H25NO/c1-4-7-12(14,5-2)11-9-10(3)6-8-13-11/h10-11,13-14H,4-9H2,1-3H3. The maximum Gasteiger partial charge on any atom is 0.0797 e.